The van der Waals surface area contributed by atoms with E-state index in [1.54, 1.807) is 0 Å². The second-order valence-corrected chi connectivity index (χ2v) is 4.69. The van der Waals surface area contributed by atoms with E-state index in [-0.39, 0.29) is 0 Å². The van der Waals surface area contributed by atoms with E-state index in [1.165, 1.54) is 21.2 Å². The van der Waals surface area contributed by atoms with Crippen LogP contribution < -0.4 is 0 Å². The van der Waals surface area contributed by atoms with E-state index in [9.17, 15) is 0 Å². The number of hydrogen-bond acceptors (Lipinski definition) is 1. The first-order valence-corrected chi connectivity index (χ1v) is 5.55. The molecule has 1 heterocycles. The summed E-state index contributed by atoms with van der Waals surface area (Å²) in [5, 5.41) is 3.55. The summed E-state index contributed by atoms with van der Waals surface area (Å²) in [4.78, 5) is 0. The molecule has 2 aromatic rings. The van der Waals surface area contributed by atoms with E-state index in [0.29, 0.717) is 5.92 Å². The van der Waals surface area contributed by atoms with E-state index in [1.807, 2.05) is 11.3 Å². The van der Waals surface area contributed by atoms with Crippen molar-refractivity contribution in [2.24, 2.45) is 0 Å². The van der Waals surface area contributed by atoms with Gasteiger partial charge in [0.15, 0.2) is 0 Å². The highest BCUT2D eigenvalue weighted by Crippen LogP contribution is 2.30. The van der Waals surface area contributed by atoms with Crippen molar-refractivity contribution in [2.45, 2.75) is 26.7 Å². The normalized spacial score (nSPS) is 11.4. The lowest BCUT2D eigenvalue weighted by molar-refractivity contribution is 0.860. The van der Waals surface area contributed by atoms with Gasteiger partial charge in [0.05, 0.1) is 0 Å². The van der Waals surface area contributed by atoms with Crippen molar-refractivity contribution in [3.63, 3.8) is 0 Å². The fourth-order valence-electron chi connectivity index (χ4n) is 1.82. The lowest BCUT2D eigenvalue weighted by atomic mass is 9.97. The Morgan fingerprint density at radius 1 is 1.15 bits per heavy atom. The van der Waals surface area contributed by atoms with Crippen LogP contribution in [-0.2, 0) is 0 Å². The van der Waals surface area contributed by atoms with Crippen LogP contribution in [0, 0.1) is 6.92 Å². The Labute approximate surface area is 83.2 Å². The molecule has 0 unspecified atom stereocenters. The number of fused-ring (bicyclic) bond motifs is 1. The highest BCUT2D eigenvalue weighted by molar-refractivity contribution is 7.17. The van der Waals surface area contributed by atoms with Crippen molar-refractivity contribution in [2.75, 3.05) is 0 Å². The Morgan fingerprint density at radius 2 is 1.92 bits per heavy atom. The molecule has 0 saturated heterocycles. The second kappa shape index (κ2) is 3.15. The Kier molecular flexibility index (Phi) is 2.12. The van der Waals surface area contributed by atoms with Crippen molar-refractivity contribution < 1.29 is 0 Å². The maximum absolute atomic E-state index is 2.26. The highest BCUT2D eigenvalue weighted by atomic mass is 32.1. The maximum Gasteiger partial charge on any atom is 0.0374 e. The summed E-state index contributed by atoms with van der Waals surface area (Å²) < 4.78 is 1.45. The van der Waals surface area contributed by atoms with Crippen molar-refractivity contribution in [3.8, 4) is 0 Å². The van der Waals surface area contributed by atoms with Gasteiger partial charge < -0.3 is 0 Å². The van der Waals surface area contributed by atoms with Crippen LogP contribution >= 0.6 is 11.3 Å². The van der Waals surface area contributed by atoms with Crippen molar-refractivity contribution in [3.05, 3.63) is 34.7 Å². The van der Waals surface area contributed by atoms with Crippen LogP contribution in [0.4, 0.5) is 0 Å². The minimum absolute atomic E-state index is 0.631. The van der Waals surface area contributed by atoms with Crippen LogP contribution in [0.15, 0.2) is 23.6 Å². The van der Waals surface area contributed by atoms with Gasteiger partial charge in [-0.1, -0.05) is 26.0 Å². The van der Waals surface area contributed by atoms with E-state index < -0.39 is 0 Å². The zero-order valence-electron chi connectivity index (χ0n) is 8.29. The molecule has 0 nitrogen and oxygen atoms in total. The summed E-state index contributed by atoms with van der Waals surface area (Å²) in [6, 6.07) is 6.68. The van der Waals surface area contributed by atoms with Gasteiger partial charge in [-0.15, -0.1) is 11.3 Å². The second-order valence-electron chi connectivity index (χ2n) is 3.77. The SMILES string of the molecule is Cc1c(C(C)C)ccc2ccsc12. The molecule has 0 bridgehead atoms. The minimum atomic E-state index is 0.631. The summed E-state index contributed by atoms with van der Waals surface area (Å²) in [6.45, 7) is 6.73. The van der Waals surface area contributed by atoms with Gasteiger partial charge in [0.1, 0.15) is 0 Å². The number of hydrogen-bond donors (Lipinski definition) is 0. The third kappa shape index (κ3) is 1.37. The molecule has 0 amide bonds. The van der Waals surface area contributed by atoms with Crippen LogP contribution in [0.25, 0.3) is 10.1 Å². The quantitative estimate of drug-likeness (QED) is 0.627. The van der Waals surface area contributed by atoms with Gasteiger partial charge in [0, 0.05) is 4.70 Å². The Morgan fingerprint density at radius 3 is 2.62 bits per heavy atom. The van der Waals surface area contributed by atoms with E-state index >= 15 is 0 Å². The van der Waals surface area contributed by atoms with Gasteiger partial charge in [-0.3, -0.25) is 0 Å². The van der Waals surface area contributed by atoms with Crippen LogP contribution in [0.5, 0.6) is 0 Å². The molecule has 0 saturated carbocycles. The molecule has 2 rings (SSSR count). The summed E-state index contributed by atoms with van der Waals surface area (Å²) in [6.07, 6.45) is 0. The fraction of sp³-hybridized carbons (Fsp3) is 0.333. The van der Waals surface area contributed by atoms with Crippen molar-refractivity contribution in [1.29, 1.82) is 0 Å². The van der Waals surface area contributed by atoms with Gasteiger partial charge in [0.2, 0.25) is 0 Å². The molecule has 0 aliphatic heterocycles. The zero-order valence-corrected chi connectivity index (χ0v) is 9.11. The fourth-order valence-corrected chi connectivity index (χ4v) is 2.73. The molecule has 0 N–H and O–H groups in total. The number of rotatable bonds is 1. The van der Waals surface area contributed by atoms with Gasteiger partial charge in [-0.05, 0) is 40.8 Å². The molecular weight excluding hydrogens is 176 g/mol. The van der Waals surface area contributed by atoms with E-state index in [0.717, 1.165) is 0 Å². The van der Waals surface area contributed by atoms with Crippen LogP contribution in [0.2, 0.25) is 0 Å². The van der Waals surface area contributed by atoms with Crippen molar-refractivity contribution >= 4 is 21.4 Å². The first-order valence-electron chi connectivity index (χ1n) is 4.67. The van der Waals surface area contributed by atoms with Crippen molar-refractivity contribution in [1.82, 2.24) is 0 Å². The summed E-state index contributed by atoms with van der Waals surface area (Å²) in [5.41, 5.74) is 2.94. The molecular formula is C12H14S. The van der Waals surface area contributed by atoms with Gasteiger partial charge >= 0.3 is 0 Å². The lowest BCUT2D eigenvalue weighted by Crippen LogP contribution is -1.90. The van der Waals surface area contributed by atoms with E-state index in [2.05, 4.69) is 44.4 Å². The smallest absolute Gasteiger partial charge is 0.0374 e. The molecule has 1 heteroatoms. The maximum atomic E-state index is 2.26. The predicted octanol–water partition coefficient (Wildman–Crippen LogP) is 4.33. The Bertz CT molecular complexity index is 424. The molecule has 0 aliphatic rings. The number of benzene rings is 1. The molecule has 0 aliphatic carbocycles. The molecule has 0 spiro atoms. The first kappa shape index (κ1) is 8.76. The molecule has 0 radical (unpaired) electrons. The topological polar surface area (TPSA) is 0 Å². The van der Waals surface area contributed by atoms with Crippen LogP contribution in [0.3, 0.4) is 0 Å². The molecule has 13 heavy (non-hydrogen) atoms. The standard InChI is InChI=1S/C12H14S/c1-8(2)11-5-4-10-6-7-13-12(10)9(11)3/h4-8H,1-3H3. The van der Waals surface area contributed by atoms with E-state index in [4.69, 9.17) is 0 Å². The lowest BCUT2D eigenvalue weighted by Gasteiger charge is -2.09. The van der Waals surface area contributed by atoms with Crippen LogP contribution in [0.1, 0.15) is 30.9 Å². The minimum Gasteiger partial charge on any atom is -0.144 e. The predicted molar refractivity (Wildman–Crippen MR) is 60.7 cm³/mol. The van der Waals surface area contributed by atoms with Gasteiger partial charge in [-0.2, -0.15) is 0 Å². The Balaban J connectivity index is 2.73. The summed E-state index contributed by atoms with van der Waals surface area (Å²) in [5.74, 6) is 0.631. The molecule has 1 aromatic heterocycles. The highest BCUT2D eigenvalue weighted by Gasteiger charge is 2.06. The third-order valence-electron chi connectivity index (χ3n) is 2.53. The van der Waals surface area contributed by atoms with Crippen LogP contribution in [-0.4, -0.2) is 0 Å². The average molecular weight is 190 g/mol. The molecule has 0 atom stereocenters. The summed E-state index contributed by atoms with van der Waals surface area (Å²) in [7, 11) is 0. The third-order valence-corrected chi connectivity index (χ3v) is 3.58. The molecule has 0 fully saturated rings. The average Bonchev–Trinajstić information content (AvgIpc) is 2.52. The molecule has 1 aromatic carbocycles. The first-order chi connectivity index (χ1) is 6.20. The monoisotopic (exact) mass is 190 g/mol. The number of thiophene rings is 1. The van der Waals surface area contributed by atoms with Gasteiger partial charge in [0.25, 0.3) is 0 Å². The zero-order chi connectivity index (χ0) is 9.42. The molecule has 68 valence electrons. The van der Waals surface area contributed by atoms with Gasteiger partial charge in [-0.25, -0.2) is 0 Å². The number of aryl methyl sites for hydroxylation is 1. The largest absolute Gasteiger partial charge is 0.144 e. The summed E-state index contributed by atoms with van der Waals surface area (Å²) >= 11 is 1.85. The Hall–Kier alpha value is -0.820.